The maximum atomic E-state index is 12.6. The van der Waals surface area contributed by atoms with Gasteiger partial charge in [-0.05, 0) is 52.2 Å². The molecular weight excluding hydrogens is 419 g/mol. The maximum Gasteiger partial charge on any atom is 0.162 e. The first-order valence-electron chi connectivity index (χ1n) is 11.5. The zero-order chi connectivity index (χ0) is 24.2. The van der Waals surface area contributed by atoms with Crippen molar-refractivity contribution in [1.82, 2.24) is 15.1 Å². The van der Waals surface area contributed by atoms with Crippen molar-refractivity contribution in [2.45, 2.75) is 13.8 Å². The van der Waals surface area contributed by atoms with Crippen LogP contribution >= 0.6 is 0 Å². The lowest BCUT2D eigenvalue weighted by Gasteiger charge is -2.34. The quantitative estimate of drug-likeness (QED) is 0.716. The molecule has 0 aromatic heterocycles. The fourth-order valence-corrected chi connectivity index (χ4v) is 3.62. The van der Waals surface area contributed by atoms with Crippen LogP contribution in [0.25, 0.3) is 0 Å². The van der Waals surface area contributed by atoms with Crippen molar-refractivity contribution in [1.29, 1.82) is 0 Å². The van der Waals surface area contributed by atoms with Gasteiger partial charge in [0.2, 0.25) is 0 Å². The van der Waals surface area contributed by atoms with E-state index in [1.165, 1.54) is 32.1 Å². The summed E-state index contributed by atoms with van der Waals surface area (Å²) in [5, 5.41) is 3.27. The molecule has 6 nitrogen and oxygen atoms in total. The number of carbonyl (C=O) groups is 2. The van der Waals surface area contributed by atoms with E-state index in [-0.39, 0.29) is 17.1 Å². The summed E-state index contributed by atoms with van der Waals surface area (Å²) in [4.78, 5) is 29.1. The molecule has 0 atom stereocenters. The van der Waals surface area contributed by atoms with Gasteiger partial charge in [0.05, 0.1) is 5.56 Å². The van der Waals surface area contributed by atoms with E-state index in [0.717, 1.165) is 50.5 Å². The monoisotopic (exact) mass is 456 g/mol. The number of anilines is 1. The molecule has 0 saturated carbocycles. The first-order valence-corrected chi connectivity index (χ1v) is 11.5. The van der Waals surface area contributed by atoms with Crippen molar-refractivity contribution in [3.05, 3.63) is 65.5 Å². The van der Waals surface area contributed by atoms with Crippen LogP contribution in [0.4, 0.5) is 10.1 Å². The Bertz CT molecular complexity index is 891. The lowest BCUT2D eigenvalue weighted by atomic mass is 10.1. The van der Waals surface area contributed by atoms with E-state index in [4.69, 9.17) is 0 Å². The summed E-state index contributed by atoms with van der Waals surface area (Å²) in [5.74, 6) is -0.539. The second-order valence-corrected chi connectivity index (χ2v) is 8.45. The molecule has 2 fully saturated rings. The molecular formula is C26H37FN4O2. The molecule has 0 aliphatic carbocycles. The van der Waals surface area contributed by atoms with Crippen LogP contribution in [0.15, 0.2) is 48.5 Å². The van der Waals surface area contributed by atoms with E-state index in [2.05, 4.69) is 34.1 Å². The second-order valence-electron chi connectivity index (χ2n) is 8.45. The number of piperazine rings is 2. The van der Waals surface area contributed by atoms with Crippen molar-refractivity contribution >= 4 is 17.3 Å². The van der Waals surface area contributed by atoms with Gasteiger partial charge in [-0.1, -0.05) is 24.3 Å². The average molecular weight is 457 g/mol. The summed E-state index contributed by atoms with van der Waals surface area (Å²) in [6.07, 6.45) is 0. The minimum Gasteiger partial charge on any atom is -0.368 e. The Morgan fingerprint density at radius 2 is 1.21 bits per heavy atom. The molecule has 2 saturated heterocycles. The normalized spacial score (nSPS) is 16.7. The van der Waals surface area contributed by atoms with E-state index < -0.39 is 5.82 Å². The van der Waals surface area contributed by atoms with Crippen molar-refractivity contribution in [3.8, 4) is 0 Å². The minimum atomic E-state index is -0.449. The molecule has 4 rings (SSSR count). The number of nitrogens with one attached hydrogen (secondary N) is 1. The summed E-state index contributed by atoms with van der Waals surface area (Å²) in [6, 6.07) is 13.8. The van der Waals surface area contributed by atoms with Gasteiger partial charge >= 0.3 is 0 Å². The highest BCUT2D eigenvalue weighted by atomic mass is 19.1. The number of benzene rings is 2. The van der Waals surface area contributed by atoms with Crippen LogP contribution in [0, 0.1) is 5.82 Å². The SMILES string of the molecule is CC(=O)c1ccccc1F.CC(=O)c1ccccc1N1CCN(C)CC1.CN1CCNCC1. The molecule has 2 aliphatic heterocycles. The number of Topliss-reactive ketones (excluding diaryl/α,β-unsaturated/α-hetero) is 2. The van der Waals surface area contributed by atoms with Crippen LogP contribution in [0.2, 0.25) is 0 Å². The molecule has 2 aromatic carbocycles. The third-order valence-electron chi connectivity index (χ3n) is 5.72. The molecule has 0 radical (unpaired) electrons. The number of ketones is 2. The average Bonchev–Trinajstić information content (AvgIpc) is 2.81. The zero-order valence-corrected chi connectivity index (χ0v) is 20.3. The minimum absolute atomic E-state index is 0.148. The molecule has 7 heteroatoms. The fraction of sp³-hybridized carbons (Fsp3) is 0.462. The van der Waals surface area contributed by atoms with Crippen LogP contribution in [0.3, 0.4) is 0 Å². The molecule has 180 valence electrons. The van der Waals surface area contributed by atoms with E-state index in [9.17, 15) is 14.0 Å². The van der Waals surface area contributed by atoms with E-state index in [0.29, 0.717) is 0 Å². The number of hydrogen-bond acceptors (Lipinski definition) is 6. The highest BCUT2D eigenvalue weighted by Gasteiger charge is 2.17. The predicted molar refractivity (Wildman–Crippen MR) is 133 cm³/mol. The number of rotatable bonds is 3. The molecule has 2 heterocycles. The van der Waals surface area contributed by atoms with E-state index in [1.807, 2.05) is 24.3 Å². The van der Waals surface area contributed by atoms with Gasteiger partial charge in [-0.25, -0.2) is 4.39 Å². The number of nitrogens with zero attached hydrogens (tertiary/aromatic N) is 3. The number of hydrogen-bond donors (Lipinski definition) is 1. The summed E-state index contributed by atoms with van der Waals surface area (Å²) < 4.78 is 12.6. The molecule has 0 amide bonds. The highest BCUT2D eigenvalue weighted by Crippen LogP contribution is 2.21. The van der Waals surface area contributed by atoms with E-state index in [1.54, 1.807) is 19.1 Å². The van der Waals surface area contributed by atoms with Crippen molar-refractivity contribution in [2.24, 2.45) is 0 Å². The van der Waals surface area contributed by atoms with Gasteiger partial charge in [-0.2, -0.15) is 0 Å². The van der Waals surface area contributed by atoms with Gasteiger partial charge in [0, 0.05) is 63.6 Å². The summed E-state index contributed by atoms with van der Waals surface area (Å²) in [7, 11) is 4.29. The van der Waals surface area contributed by atoms with Gasteiger partial charge in [0.25, 0.3) is 0 Å². The third kappa shape index (κ3) is 9.04. The lowest BCUT2D eigenvalue weighted by Crippen LogP contribution is -2.44. The lowest BCUT2D eigenvalue weighted by molar-refractivity contribution is 0.100. The van der Waals surface area contributed by atoms with Crippen LogP contribution in [-0.2, 0) is 0 Å². The van der Waals surface area contributed by atoms with Crippen molar-refractivity contribution in [2.75, 3.05) is 71.4 Å². The number of likely N-dealkylation sites (N-methyl/N-ethyl adjacent to an activating group) is 2. The molecule has 2 aromatic rings. The van der Waals surface area contributed by atoms with Crippen LogP contribution in [0.5, 0.6) is 0 Å². The fourth-order valence-electron chi connectivity index (χ4n) is 3.62. The smallest absolute Gasteiger partial charge is 0.162 e. The van der Waals surface area contributed by atoms with Gasteiger partial charge in [0.15, 0.2) is 11.6 Å². The summed E-state index contributed by atoms with van der Waals surface area (Å²) in [6.45, 7) is 11.8. The Morgan fingerprint density at radius 1 is 0.727 bits per heavy atom. The van der Waals surface area contributed by atoms with Gasteiger partial charge in [-0.15, -0.1) is 0 Å². The molecule has 1 N–H and O–H groups in total. The number of carbonyl (C=O) groups excluding carboxylic acids is 2. The standard InChI is InChI=1S/C13H18N2O.C8H7FO.C5H12N2/c1-11(16)12-5-3-4-6-13(12)15-9-7-14(2)8-10-15;1-6(10)7-4-2-3-5-8(7)9;1-7-4-2-6-3-5-7/h3-6H,7-10H2,1-2H3;2-5H,1H3;6H,2-5H2,1H3. The Hall–Kier alpha value is -2.61. The van der Waals surface area contributed by atoms with Crippen molar-refractivity contribution < 1.29 is 14.0 Å². The van der Waals surface area contributed by atoms with Crippen molar-refractivity contribution in [3.63, 3.8) is 0 Å². The molecule has 0 unspecified atom stereocenters. The van der Waals surface area contributed by atoms with Crippen LogP contribution in [0.1, 0.15) is 34.6 Å². The maximum absolute atomic E-state index is 12.6. The van der Waals surface area contributed by atoms with E-state index >= 15 is 0 Å². The van der Waals surface area contributed by atoms with Gasteiger partial charge in [-0.3, -0.25) is 9.59 Å². The summed E-state index contributed by atoms with van der Waals surface area (Å²) in [5.41, 5.74) is 2.08. The zero-order valence-electron chi connectivity index (χ0n) is 20.3. The Labute approximate surface area is 197 Å². The topological polar surface area (TPSA) is 55.9 Å². The molecule has 0 bridgehead atoms. The summed E-state index contributed by atoms with van der Waals surface area (Å²) >= 11 is 0. The Kier molecular flexibility index (Phi) is 11.2. The predicted octanol–water partition coefficient (Wildman–Crippen LogP) is 3.19. The number of halogens is 1. The number of para-hydroxylation sites is 1. The van der Waals surface area contributed by atoms with Crippen LogP contribution < -0.4 is 10.2 Å². The van der Waals surface area contributed by atoms with Gasteiger partial charge < -0.3 is 20.0 Å². The first kappa shape index (κ1) is 26.6. The largest absolute Gasteiger partial charge is 0.368 e. The molecule has 0 spiro atoms. The second kappa shape index (κ2) is 13.8. The molecule has 33 heavy (non-hydrogen) atoms. The highest BCUT2D eigenvalue weighted by molar-refractivity contribution is 5.99. The Balaban J connectivity index is 0.000000193. The first-order chi connectivity index (χ1) is 15.8. The third-order valence-corrected chi connectivity index (χ3v) is 5.72. The van der Waals surface area contributed by atoms with Gasteiger partial charge in [0.1, 0.15) is 5.82 Å². The molecule has 2 aliphatic rings. The van der Waals surface area contributed by atoms with Crippen LogP contribution in [-0.4, -0.2) is 87.8 Å². The Morgan fingerprint density at radius 3 is 1.67 bits per heavy atom.